The molecule has 1 rings (SSSR count). The molecule has 2 atom stereocenters. The number of carboxylic acids is 1. The van der Waals surface area contributed by atoms with Gasteiger partial charge in [-0.15, -0.1) is 0 Å². The average molecular weight is 186 g/mol. The molecule has 1 aliphatic heterocycles. The number of piperazine rings is 1. The summed E-state index contributed by atoms with van der Waals surface area (Å²) < 4.78 is 0. The van der Waals surface area contributed by atoms with Crippen LogP contribution in [-0.2, 0) is 4.79 Å². The Labute approximate surface area is 78.9 Å². The van der Waals surface area contributed by atoms with Crippen LogP contribution in [0.4, 0.5) is 0 Å². The molecular weight excluding hydrogens is 168 g/mol. The van der Waals surface area contributed by atoms with Gasteiger partial charge in [0.2, 0.25) is 0 Å². The van der Waals surface area contributed by atoms with Gasteiger partial charge in [0, 0.05) is 32.2 Å². The first-order valence-corrected chi connectivity index (χ1v) is 4.79. The number of hydrogen-bond donors (Lipinski definition) is 2. The van der Waals surface area contributed by atoms with Gasteiger partial charge in [-0.05, 0) is 6.92 Å². The minimum atomic E-state index is -0.703. The van der Waals surface area contributed by atoms with Crippen LogP contribution in [0, 0.1) is 5.92 Å². The van der Waals surface area contributed by atoms with Crippen LogP contribution in [0.25, 0.3) is 0 Å². The Morgan fingerprint density at radius 3 is 3.00 bits per heavy atom. The Morgan fingerprint density at radius 1 is 1.77 bits per heavy atom. The fraction of sp³-hybridized carbons (Fsp3) is 0.889. The average Bonchev–Trinajstić information content (AvgIpc) is 2.08. The van der Waals surface area contributed by atoms with Crippen molar-refractivity contribution in [3.63, 3.8) is 0 Å². The molecule has 0 aromatic rings. The van der Waals surface area contributed by atoms with Gasteiger partial charge < -0.3 is 10.4 Å². The molecule has 0 radical (unpaired) electrons. The highest BCUT2D eigenvalue weighted by Crippen LogP contribution is 2.06. The molecule has 0 amide bonds. The van der Waals surface area contributed by atoms with E-state index in [1.807, 2.05) is 0 Å². The number of carboxylic acid groups (broad SMARTS) is 1. The van der Waals surface area contributed by atoms with E-state index in [0.717, 1.165) is 19.6 Å². The largest absolute Gasteiger partial charge is 0.481 e. The number of rotatable bonds is 3. The zero-order valence-electron chi connectivity index (χ0n) is 8.29. The number of hydrogen-bond acceptors (Lipinski definition) is 3. The number of nitrogens with zero attached hydrogens (tertiary/aromatic N) is 1. The van der Waals surface area contributed by atoms with Crippen LogP contribution < -0.4 is 5.32 Å². The summed E-state index contributed by atoms with van der Waals surface area (Å²) in [6.07, 6.45) is 0. The van der Waals surface area contributed by atoms with Crippen molar-refractivity contribution in [2.24, 2.45) is 5.92 Å². The SMILES string of the molecule is CC(CN1CCNC[C@@H]1C)C(=O)O. The van der Waals surface area contributed by atoms with E-state index in [-0.39, 0.29) is 5.92 Å². The maximum absolute atomic E-state index is 10.6. The number of nitrogens with one attached hydrogen (secondary N) is 1. The third-order valence-electron chi connectivity index (χ3n) is 2.57. The Hall–Kier alpha value is -0.610. The Balaban J connectivity index is 2.37. The van der Waals surface area contributed by atoms with Crippen molar-refractivity contribution < 1.29 is 9.90 Å². The minimum absolute atomic E-state index is 0.263. The van der Waals surface area contributed by atoms with Crippen LogP contribution in [0.3, 0.4) is 0 Å². The van der Waals surface area contributed by atoms with Gasteiger partial charge in [0.25, 0.3) is 0 Å². The molecule has 2 N–H and O–H groups in total. The van der Waals surface area contributed by atoms with E-state index in [1.165, 1.54) is 0 Å². The Morgan fingerprint density at radius 2 is 2.46 bits per heavy atom. The highest BCUT2D eigenvalue weighted by atomic mass is 16.4. The van der Waals surface area contributed by atoms with Crippen molar-refractivity contribution in [3.05, 3.63) is 0 Å². The zero-order chi connectivity index (χ0) is 9.84. The molecule has 13 heavy (non-hydrogen) atoms. The fourth-order valence-electron chi connectivity index (χ4n) is 1.58. The van der Waals surface area contributed by atoms with Crippen molar-refractivity contribution in [2.45, 2.75) is 19.9 Å². The van der Waals surface area contributed by atoms with Crippen LogP contribution in [0.1, 0.15) is 13.8 Å². The van der Waals surface area contributed by atoms with Crippen molar-refractivity contribution >= 4 is 5.97 Å². The van der Waals surface area contributed by atoms with Gasteiger partial charge in [0.05, 0.1) is 5.92 Å². The van der Waals surface area contributed by atoms with E-state index in [9.17, 15) is 4.79 Å². The molecule has 0 spiro atoms. The van der Waals surface area contributed by atoms with Crippen molar-refractivity contribution in [1.82, 2.24) is 10.2 Å². The maximum Gasteiger partial charge on any atom is 0.307 e. The van der Waals surface area contributed by atoms with E-state index in [4.69, 9.17) is 5.11 Å². The predicted molar refractivity (Wildman–Crippen MR) is 50.7 cm³/mol. The fourth-order valence-corrected chi connectivity index (χ4v) is 1.58. The normalized spacial score (nSPS) is 27.1. The second-order valence-corrected chi connectivity index (χ2v) is 3.79. The van der Waals surface area contributed by atoms with E-state index in [0.29, 0.717) is 12.6 Å². The molecule has 1 unspecified atom stereocenters. The van der Waals surface area contributed by atoms with Crippen LogP contribution in [-0.4, -0.2) is 48.2 Å². The first-order chi connectivity index (χ1) is 6.11. The van der Waals surface area contributed by atoms with Gasteiger partial charge >= 0.3 is 5.97 Å². The van der Waals surface area contributed by atoms with Crippen molar-refractivity contribution in [3.8, 4) is 0 Å². The molecule has 0 aromatic carbocycles. The Bertz CT molecular complexity index is 184. The lowest BCUT2D eigenvalue weighted by Crippen LogP contribution is -2.51. The maximum atomic E-state index is 10.6. The third kappa shape index (κ3) is 2.97. The number of aliphatic carboxylic acids is 1. The van der Waals surface area contributed by atoms with E-state index >= 15 is 0 Å². The molecule has 1 saturated heterocycles. The second-order valence-electron chi connectivity index (χ2n) is 3.79. The summed E-state index contributed by atoms with van der Waals surface area (Å²) in [6, 6.07) is 0.454. The Kier molecular flexibility index (Phi) is 3.69. The van der Waals surface area contributed by atoms with Crippen LogP contribution in [0.2, 0.25) is 0 Å². The molecule has 4 nitrogen and oxygen atoms in total. The molecule has 4 heteroatoms. The standard InChI is InChI=1S/C9H18N2O2/c1-7(9(12)13)6-11-4-3-10-5-8(11)2/h7-8,10H,3-6H2,1-2H3,(H,12,13)/t7?,8-/m0/s1. The lowest BCUT2D eigenvalue weighted by Gasteiger charge is -2.34. The van der Waals surface area contributed by atoms with E-state index in [1.54, 1.807) is 6.92 Å². The summed E-state index contributed by atoms with van der Waals surface area (Å²) in [5, 5.41) is 12.0. The topological polar surface area (TPSA) is 52.6 Å². The molecule has 1 heterocycles. The summed E-state index contributed by atoms with van der Waals surface area (Å²) in [4.78, 5) is 12.9. The minimum Gasteiger partial charge on any atom is -0.481 e. The third-order valence-corrected chi connectivity index (χ3v) is 2.57. The van der Waals surface area contributed by atoms with Gasteiger partial charge in [-0.3, -0.25) is 9.69 Å². The van der Waals surface area contributed by atoms with Gasteiger partial charge in [-0.2, -0.15) is 0 Å². The molecule has 0 bridgehead atoms. The summed E-state index contributed by atoms with van der Waals surface area (Å²) in [5.74, 6) is -0.966. The van der Waals surface area contributed by atoms with Gasteiger partial charge in [0.15, 0.2) is 0 Å². The quantitative estimate of drug-likeness (QED) is 0.651. The monoisotopic (exact) mass is 186 g/mol. The smallest absolute Gasteiger partial charge is 0.307 e. The van der Waals surface area contributed by atoms with Crippen molar-refractivity contribution in [2.75, 3.05) is 26.2 Å². The first kappa shape index (κ1) is 10.5. The summed E-state index contributed by atoms with van der Waals surface area (Å²) in [5.41, 5.74) is 0. The molecule has 0 saturated carbocycles. The van der Waals surface area contributed by atoms with Gasteiger partial charge in [0.1, 0.15) is 0 Å². The second kappa shape index (κ2) is 4.58. The molecule has 1 fully saturated rings. The van der Waals surface area contributed by atoms with Crippen LogP contribution in [0.5, 0.6) is 0 Å². The first-order valence-electron chi connectivity index (χ1n) is 4.79. The highest BCUT2D eigenvalue weighted by molar-refractivity contribution is 5.69. The van der Waals surface area contributed by atoms with Crippen LogP contribution >= 0.6 is 0 Å². The van der Waals surface area contributed by atoms with Crippen LogP contribution in [0.15, 0.2) is 0 Å². The summed E-state index contributed by atoms with van der Waals surface area (Å²) in [7, 11) is 0. The molecular formula is C9H18N2O2. The van der Waals surface area contributed by atoms with E-state index in [2.05, 4.69) is 17.1 Å². The molecule has 76 valence electrons. The lowest BCUT2D eigenvalue weighted by atomic mass is 10.1. The predicted octanol–water partition coefficient (Wildman–Crippen LogP) is 0.000800. The summed E-state index contributed by atoms with van der Waals surface area (Å²) >= 11 is 0. The summed E-state index contributed by atoms with van der Waals surface area (Å²) in [6.45, 7) is 7.44. The van der Waals surface area contributed by atoms with E-state index < -0.39 is 5.97 Å². The lowest BCUT2D eigenvalue weighted by molar-refractivity contribution is -0.142. The zero-order valence-corrected chi connectivity index (χ0v) is 8.29. The molecule has 1 aliphatic rings. The number of carbonyl (C=O) groups is 1. The van der Waals surface area contributed by atoms with Gasteiger partial charge in [-0.25, -0.2) is 0 Å². The molecule has 0 aromatic heterocycles. The van der Waals surface area contributed by atoms with Gasteiger partial charge in [-0.1, -0.05) is 6.92 Å². The van der Waals surface area contributed by atoms with Crippen molar-refractivity contribution in [1.29, 1.82) is 0 Å². The highest BCUT2D eigenvalue weighted by Gasteiger charge is 2.22. The molecule has 0 aliphatic carbocycles.